The number of anilines is 2. The molecule has 0 bridgehead atoms. The molecule has 0 spiro atoms. The number of rotatable bonds is 4. The van der Waals surface area contributed by atoms with E-state index in [-0.39, 0.29) is 0 Å². The predicted molar refractivity (Wildman–Crippen MR) is 85.0 cm³/mol. The maximum Gasteiger partial charge on any atom is 0.229 e. The minimum atomic E-state index is -3.30. The van der Waals surface area contributed by atoms with Crippen LogP contribution in [0.15, 0.2) is 18.2 Å². The second-order valence-corrected chi connectivity index (χ2v) is 7.56. The third-order valence-corrected chi connectivity index (χ3v) is 4.39. The van der Waals surface area contributed by atoms with Gasteiger partial charge in [0.25, 0.3) is 0 Å². The standard InChI is InChI=1S/C14H21ClN2O2S/c1-20(18,19)17-14-9-8-12(10-13(14)15)16-11-6-4-2-3-5-7-11/h8-11,16-17H,2-7H2,1H3. The van der Waals surface area contributed by atoms with Crippen molar-refractivity contribution in [1.82, 2.24) is 0 Å². The van der Waals surface area contributed by atoms with E-state index in [9.17, 15) is 8.42 Å². The predicted octanol–water partition coefficient (Wildman–Crippen LogP) is 3.85. The summed E-state index contributed by atoms with van der Waals surface area (Å²) in [6.45, 7) is 0. The van der Waals surface area contributed by atoms with Crippen LogP contribution >= 0.6 is 11.6 Å². The van der Waals surface area contributed by atoms with E-state index in [2.05, 4.69) is 10.0 Å². The zero-order valence-electron chi connectivity index (χ0n) is 11.7. The fourth-order valence-electron chi connectivity index (χ4n) is 2.55. The number of sulfonamides is 1. The van der Waals surface area contributed by atoms with Crippen molar-refractivity contribution < 1.29 is 8.42 Å². The second-order valence-electron chi connectivity index (χ2n) is 5.40. The van der Waals surface area contributed by atoms with Gasteiger partial charge in [-0.05, 0) is 31.0 Å². The molecule has 0 heterocycles. The molecule has 1 aliphatic carbocycles. The molecule has 1 aromatic carbocycles. The highest BCUT2D eigenvalue weighted by Gasteiger charge is 2.13. The van der Waals surface area contributed by atoms with E-state index in [1.165, 1.54) is 38.5 Å². The molecule has 0 saturated heterocycles. The van der Waals surface area contributed by atoms with Crippen LogP contribution in [0, 0.1) is 0 Å². The Morgan fingerprint density at radius 2 is 1.80 bits per heavy atom. The summed E-state index contributed by atoms with van der Waals surface area (Å²) in [6, 6.07) is 5.83. The number of hydrogen-bond donors (Lipinski definition) is 2. The molecule has 112 valence electrons. The Hall–Kier alpha value is -0.940. The average molecular weight is 317 g/mol. The van der Waals surface area contributed by atoms with Crippen molar-refractivity contribution in [3.8, 4) is 0 Å². The second kappa shape index (κ2) is 6.68. The third kappa shape index (κ3) is 4.87. The van der Waals surface area contributed by atoms with Crippen molar-refractivity contribution in [2.75, 3.05) is 16.3 Å². The van der Waals surface area contributed by atoms with Gasteiger partial charge in [-0.15, -0.1) is 0 Å². The molecular formula is C14H21ClN2O2S. The molecule has 20 heavy (non-hydrogen) atoms. The van der Waals surface area contributed by atoms with Gasteiger partial charge < -0.3 is 5.32 Å². The summed E-state index contributed by atoms with van der Waals surface area (Å²) in [4.78, 5) is 0. The Labute approximate surface area is 126 Å². The van der Waals surface area contributed by atoms with Gasteiger partial charge in [0.05, 0.1) is 17.0 Å². The summed E-state index contributed by atoms with van der Waals surface area (Å²) < 4.78 is 24.8. The van der Waals surface area contributed by atoms with Gasteiger partial charge in [0.15, 0.2) is 0 Å². The Morgan fingerprint density at radius 1 is 1.15 bits per heavy atom. The largest absolute Gasteiger partial charge is 0.382 e. The Kier molecular flexibility index (Phi) is 5.16. The lowest BCUT2D eigenvalue weighted by molar-refractivity contribution is 0.607. The van der Waals surface area contributed by atoms with Crippen LogP contribution in [-0.4, -0.2) is 20.7 Å². The van der Waals surface area contributed by atoms with Crippen molar-refractivity contribution in [3.63, 3.8) is 0 Å². The molecule has 0 aromatic heterocycles. The van der Waals surface area contributed by atoms with Crippen molar-refractivity contribution in [2.24, 2.45) is 0 Å². The number of benzene rings is 1. The van der Waals surface area contributed by atoms with Crippen molar-refractivity contribution in [3.05, 3.63) is 23.2 Å². The van der Waals surface area contributed by atoms with E-state index in [0.29, 0.717) is 16.8 Å². The van der Waals surface area contributed by atoms with E-state index in [1.807, 2.05) is 6.07 Å². The maximum atomic E-state index is 11.2. The smallest absolute Gasteiger partial charge is 0.229 e. The van der Waals surface area contributed by atoms with Crippen LogP contribution in [-0.2, 0) is 10.0 Å². The highest BCUT2D eigenvalue weighted by atomic mass is 35.5. The monoisotopic (exact) mass is 316 g/mol. The lowest BCUT2D eigenvalue weighted by Crippen LogP contribution is -2.18. The Morgan fingerprint density at radius 3 is 2.35 bits per heavy atom. The van der Waals surface area contributed by atoms with Crippen molar-refractivity contribution >= 4 is 33.0 Å². The van der Waals surface area contributed by atoms with E-state index >= 15 is 0 Å². The summed E-state index contributed by atoms with van der Waals surface area (Å²) in [5.41, 5.74) is 1.36. The van der Waals surface area contributed by atoms with Crippen molar-refractivity contribution in [2.45, 2.75) is 44.6 Å². The van der Waals surface area contributed by atoms with Crippen LogP contribution in [0.4, 0.5) is 11.4 Å². The molecule has 0 atom stereocenters. The third-order valence-electron chi connectivity index (χ3n) is 3.49. The number of nitrogens with one attached hydrogen (secondary N) is 2. The fourth-order valence-corrected chi connectivity index (χ4v) is 3.41. The van der Waals surface area contributed by atoms with E-state index in [4.69, 9.17) is 11.6 Å². The van der Waals surface area contributed by atoms with Crippen LogP contribution in [0.25, 0.3) is 0 Å². The number of halogens is 1. The summed E-state index contributed by atoms with van der Waals surface area (Å²) in [5.74, 6) is 0. The summed E-state index contributed by atoms with van der Waals surface area (Å²) in [6.07, 6.45) is 8.63. The molecule has 1 fully saturated rings. The zero-order chi connectivity index (χ0) is 14.6. The van der Waals surface area contributed by atoms with E-state index in [1.54, 1.807) is 12.1 Å². The normalized spacial score (nSPS) is 17.5. The van der Waals surface area contributed by atoms with Gasteiger partial charge in [-0.3, -0.25) is 4.72 Å². The molecule has 2 N–H and O–H groups in total. The molecule has 6 heteroatoms. The maximum absolute atomic E-state index is 11.2. The van der Waals surface area contributed by atoms with Gasteiger partial charge in [0.2, 0.25) is 10.0 Å². The first-order valence-electron chi connectivity index (χ1n) is 6.98. The van der Waals surface area contributed by atoms with Gasteiger partial charge in [0, 0.05) is 11.7 Å². The first-order valence-corrected chi connectivity index (χ1v) is 9.25. The molecule has 1 saturated carbocycles. The molecule has 2 rings (SSSR count). The molecule has 0 radical (unpaired) electrons. The van der Waals surface area contributed by atoms with Gasteiger partial charge in [-0.1, -0.05) is 37.3 Å². The molecular weight excluding hydrogens is 296 g/mol. The van der Waals surface area contributed by atoms with Crippen LogP contribution in [0.5, 0.6) is 0 Å². The summed E-state index contributed by atoms with van der Waals surface area (Å²) in [5, 5.41) is 3.90. The minimum absolute atomic E-state index is 0.411. The highest BCUT2D eigenvalue weighted by molar-refractivity contribution is 7.92. The van der Waals surface area contributed by atoms with Gasteiger partial charge in [-0.25, -0.2) is 8.42 Å². The van der Waals surface area contributed by atoms with Crippen LogP contribution < -0.4 is 10.0 Å². The van der Waals surface area contributed by atoms with Crippen LogP contribution in [0.2, 0.25) is 5.02 Å². The Bertz CT molecular complexity index is 552. The van der Waals surface area contributed by atoms with Gasteiger partial charge in [-0.2, -0.15) is 0 Å². The quantitative estimate of drug-likeness (QED) is 0.830. The first kappa shape index (κ1) is 15.4. The minimum Gasteiger partial charge on any atom is -0.382 e. The molecule has 1 aliphatic rings. The summed E-state index contributed by atoms with van der Waals surface area (Å²) >= 11 is 6.12. The topological polar surface area (TPSA) is 58.2 Å². The summed E-state index contributed by atoms with van der Waals surface area (Å²) in [7, 11) is -3.30. The van der Waals surface area contributed by atoms with Gasteiger partial charge in [0.1, 0.15) is 0 Å². The van der Waals surface area contributed by atoms with E-state index in [0.717, 1.165) is 11.9 Å². The first-order chi connectivity index (χ1) is 9.44. The number of hydrogen-bond acceptors (Lipinski definition) is 3. The van der Waals surface area contributed by atoms with Crippen LogP contribution in [0.1, 0.15) is 38.5 Å². The van der Waals surface area contributed by atoms with Gasteiger partial charge >= 0.3 is 0 Å². The zero-order valence-corrected chi connectivity index (χ0v) is 13.2. The molecule has 1 aromatic rings. The lowest BCUT2D eigenvalue weighted by Gasteiger charge is -2.18. The molecule has 4 nitrogen and oxygen atoms in total. The average Bonchev–Trinajstić information content (AvgIpc) is 2.60. The lowest BCUT2D eigenvalue weighted by atomic mass is 10.1. The van der Waals surface area contributed by atoms with Crippen molar-refractivity contribution in [1.29, 1.82) is 0 Å². The van der Waals surface area contributed by atoms with Crippen LogP contribution in [0.3, 0.4) is 0 Å². The highest BCUT2D eigenvalue weighted by Crippen LogP contribution is 2.28. The molecule has 0 amide bonds. The van der Waals surface area contributed by atoms with E-state index < -0.39 is 10.0 Å². The SMILES string of the molecule is CS(=O)(=O)Nc1ccc(NC2CCCCCC2)cc1Cl. The fraction of sp³-hybridized carbons (Fsp3) is 0.571. The molecule has 0 aliphatic heterocycles. The Balaban J connectivity index is 2.04. The molecule has 0 unspecified atom stereocenters.